The molecule has 6 nitrogen and oxygen atoms in total. The van der Waals surface area contributed by atoms with Gasteiger partial charge in [0.2, 0.25) is 5.91 Å². The van der Waals surface area contributed by atoms with E-state index in [4.69, 9.17) is 4.74 Å². The monoisotopic (exact) mass is 252 g/mol. The predicted molar refractivity (Wildman–Crippen MR) is 67.9 cm³/mol. The fourth-order valence-electron chi connectivity index (χ4n) is 1.50. The van der Waals surface area contributed by atoms with Crippen LogP contribution < -0.4 is 10.6 Å². The summed E-state index contributed by atoms with van der Waals surface area (Å²) in [5, 5.41) is 5.95. The van der Waals surface area contributed by atoms with Crippen molar-refractivity contribution in [3.63, 3.8) is 0 Å². The van der Waals surface area contributed by atoms with Gasteiger partial charge in [-0.3, -0.25) is 20.1 Å². The Morgan fingerprint density at radius 1 is 1.44 bits per heavy atom. The molecule has 0 bridgehead atoms. The molecule has 1 rings (SSSR count). The van der Waals surface area contributed by atoms with Crippen molar-refractivity contribution in [3.05, 3.63) is 24.3 Å². The van der Waals surface area contributed by atoms with Gasteiger partial charge in [0.05, 0.1) is 18.3 Å². The summed E-state index contributed by atoms with van der Waals surface area (Å²) in [7, 11) is 1.60. The summed E-state index contributed by atoms with van der Waals surface area (Å²) in [6, 6.07) is -0.319. The molecule has 0 aromatic carbocycles. The van der Waals surface area contributed by atoms with Crippen molar-refractivity contribution >= 4 is 5.91 Å². The summed E-state index contributed by atoms with van der Waals surface area (Å²) in [5.74, 6) is -0.0530. The van der Waals surface area contributed by atoms with E-state index in [2.05, 4.69) is 20.6 Å². The number of methoxy groups -OCH3 is 1. The Morgan fingerprint density at radius 2 is 2.22 bits per heavy atom. The van der Waals surface area contributed by atoms with E-state index < -0.39 is 0 Å². The third kappa shape index (κ3) is 4.77. The van der Waals surface area contributed by atoms with Gasteiger partial charge in [0.25, 0.3) is 0 Å². The zero-order valence-corrected chi connectivity index (χ0v) is 11.0. The van der Waals surface area contributed by atoms with Crippen LogP contribution in [-0.2, 0) is 9.53 Å². The summed E-state index contributed by atoms with van der Waals surface area (Å²) in [6.07, 6.45) is 4.95. The number of nitrogens with one attached hydrogen (secondary N) is 2. The van der Waals surface area contributed by atoms with Crippen LogP contribution in [0.15, 0.2) is 18.6 Å². The number of amides is 1. The first-order valence-electron chi connectivity index (χ1n) is 5.93. The van der Waals surface area contributed by atoms with Crippen molar-refractivity contribution in [3.8, 4) is 0 Å². The molecule has 6 heteroatoms. The molecule has 1 amide bonds. The van der Waals surface area contributed by atoms with Crippen LogP contribution in [0.5, 0.6) is 0 Å². The van der Waals surface area contributed by atoms with E-state index in [1.54, 1.807) is 25.7 Å². The van der Waals surface area contributed by atoms with Gasteiger partial charge in [-0.15, -0.1) is 0 Å². The van der Waals surface area contributed by atoms with Crippen LogP contribution in [0.1, 0.15) is 25.6 Å². The number of carbonyl (C=O) groups is 1. The number of ether oxygens (including phenoxy) is 1. The predicted octanol–water partition coefficient (Wildman–Crippen LogP) is 0.278. The lowest BCUT2D eigenvalue weighted by atomic mass is 10.2. The van der Waals surface area contributed by atoms with E-state index in [1.165, 1.54) is 0 Å². The molecule has 1 aromatic rings. The second-order valence-electron chi connectivity index (χ2n) is 4.02. The normalized spacial score (nSPS) is 13.9. The Labute approximate surface area is 107 Å². The summed E-state index contributed by atoms with van der Waals surface area (Å²) in [5.41, 5.74) is 0.814. The van der Waals surface area contributed by atoms with Crippen LogP contribution in [0.25, 0.3) is 0 Å². The van der Waals surface area contributed by atoms with Crippen LogP contribution in [0, 0.1) is 0 Å². The number of rotatable bonds is 7. The molecular weight excluding hydrogens is 232 g/mol. The standard InChI is InChI=1S/C12H20N4O2/c1-9(11-8-13-4-5-14-11)16-10(2)12(17)15-6-7-18-3/h4-5,8-10,16H,6-7H2,1-3H3,(H,15,17). The maximum absolute atomic E-state index is 11.7. The van der Waals surface area contributed by atoms with Gasteiger partial charge in [0.1, 0.15) is 0 Å². The molecule has 2 N–H and O–H groups in total. The molecule has 2 atom stereocenters. The highest BCUT2D eigenvalue weighted by Gasteiger charge is 2.16. The Balaban J connectivity index is 2.39. The molecule has 1 aromatic heterocycles. The molecule has 18 heavy (non-hydrogen) atoms. The highest BCUT2D eigenvalue weighted by molar-refractivity contribution is 5.81. The maximum Gasteiger partial charge on any atom is 0.236 e. The number of hydrogen-bond acceptors (Lipinski definition) is 5. The van der Waals surface area contributed by atoms with Gasteiger partial charge in [-0.2, -0.15) is 0 Å². The van der Waals surface area contributed by atoms with E-state index in [1.807, 2.05) is 13.8 Å². The van der Waals surface area contributed by atoms with Crippen LogP contribution in [0.4, 0.5) is 0 Å². The van der Waals surface area contributed by atoms with Gasteiger partial charge in [0.15, 0.2) is 0 Å². The third-order valence-corrected chi connectivity index (χ3v) is 2.53. The molecule has 0 radical (unpaired) electrons. The van der Waals surface area contributed by atoms with Gasteiger partial charge in [-0.1, -0.05) is 0 Å². The first kappa shape index (κ1) is 14.5. The van der Waals surface area contributed by atoms with Crippen molar-refractivity contribution in [2.24, 2.45) is 0 Å². The Morgan fingerprint density at radius 3 is 2.83 bits per heavy atom. The summed E-state index contributed by atoms with van der Waals surface area (Å²) < 4.78 is 4.87. The van der Waals surface area contributed by atoms with Crippen LogP contribution in [0.3, 0.4) is 0 Å². The number of aromatic nitrogens is 2. The highest BCUT2D eigenvalue weighted by atomic mass is 16.5. The average molecular weight is 252 g/mol. The highest BCUT2D eigenvalue weighted by Crippen LogP contribution is 2.07. The molecule has 0 saturated heterocycles. The number of nitrogens with zero attached hydrogens (tertiary/aromatic N) is 2. The lowest BCUT2D eigenvalue weighted by Gasteiger charge is -2.18. The zero-order chi connectivity index (χ0) is 13.4. The SMILES string of the molecule is COCCNC(=O)C(C)NC(C)c1cnccn1. The van der Waals surface area contributed by atoms with Gasteiger partial charge in [0, 0.05) is 38.3 Å². The maximum atomic E-state index is 11.7. The van der Waals surface area contributed by atoms with Gasteiger partial charge in [-0.25, -0.2) is 0 Å². The van der Waals surface area contributed by atoms with Crippen LogP contribution in [-0.4, -0.2) is 42.2 Å². The fraction of sp³-hybridized carbons (Fsp3) is 0.583. The van der Waals surface area contributed by atoms with Crippen molar-refractivity contribution in [2.45, 2.75) is 25.9 Å². The van der Waals surface area contributed by atoms with Crippen molar-refractivity contribution in [1.29, 1.82) is 0 Å². The van der Waals surface area contributed by atoms with Gasteiger partial charge >= 0.3 is 0 Å². The minimum absolute atomic E-state index is 0.0260. The lowest BCUT2D eigenvalue weighted by Crippen LogP contribution is -2.44. The average Bonchev–Trinajstić information content (AvgIpc) is 2.39. The molecule has 100 valence electrons. The molecule has 1 heterocycles. The summed E-state index contributed by atoms with van der Waals surface area (Å²) in [4.78, 5) is 19.9. The van der Waals surface area contributed by atoms with Gasteiger partial charge < -0.3 is 10.1 Å². The van der Waals surface area contributed by atoms with E-state index in [0.717, 1.165) is 5.69 Å². The topological polar surface area (TPSA) is 76.1 Å². The van der Waals surface area contributed by atoms with E-state index in [-0.39, 0.29) is 18.0 Å². The zero-order valence-electron chi connectivity index (χ0n) is 11.0. The molecule has 2 unspecified atom stereocenters. The second-order valence-corrected chi connectivity index (χ2v) is 4.02. The Hall–Kier alpha value is -1.53. The fourth-order valence-corrected chi connectivity index (χ4v) is 1.50. The summed E-state index contributed by atoms with van der Waals surface area (Å²) >= 11 is 0. The minimum Gasteiger partial charge on any atom is -0.383 e. The number of carbonyl (C=O) groups excluding carboxylic acids is 1. The first-order chi connectivity index (χ1) is 8.65. The molecule has 0 spiro atoms. The third-order valence-electron chi connectivity index (χ3n) is 2.53. The molecular formula is C12H20N4O2. The molecule has 0 saturated carbocycles. The van der Waals surface area contributed by atoms with Crippen molar-refractivity contribution in [2.75, 3.05) is 20.3 Å². The quantitative estimate of drug-likeness (QED) is 0.682. The second kappa shape index (κ2) is 7.73. The smallest absolute Gasteiger partial charge is 0.236 e. The van der Waals surface area contributed by atoms with Crippen LogP contribution >= 0.6 is 0 Å². The van der Waals surface area contributed by atoms with E-state index >= 15 is 0 Å². The van der Waals surface area contributed by atoms with E-state index in [9.17, 15) is 4.79 Å². The minimum atomic E-state index is -0.293. The number of hydrogen-bond donors (Lipinski definition) is 2. The molecule has 0 aliphatic carbocycles. The summed E-state index contributed by atoms with van der Waals surface area (Å²) in [6.45, 7) is 4.79. The van der Waals surface area contributed by atoms with Gasteiger partial charge in [-0.05, 0) is 13.8 Å². The molecule has 0 aliphatic rings. The largest absolute Gasteiger partial charge is 0.383 e. The van der Waals surface area contributed by atoms with Crippen molar-refractivity contribution in [1.82, 2.24) is 20.6 Å². The van der Waals surface area contributed by atoms with Crippen molar-refractivity contribution < 1.29 is 9.53 Å². The Kier molecular flexibility index (Phi) is 6.24. The lowest BCUT2D eigenvalue weighted by molar-refractivity contribution is -0.123. The first-order valence-corrected chi connectivity index (χ1v) is 5.93. The van der Waals surface area contributed by atoms with Crippen LogP contribution in [0.2, 0.25) is 0 Å². The molecule has 0 fully saturated rings. The molecule has 0 aliphatic heterocycles. The van der Waals surface area contributed by atoms with E-state index in [0.29, 0.717) is 13.2 Å². The Bertz CT molecular complexity index is 358.